The maximum atomic E-state index is 11.8. The SMILES string of the molecule is C=CC(Cc1ccccc1)C(C)(C)[O-].[NH4+]. The lowest BCUT2D eigenvalue weighted by Crippen LogP contribution is -2.44. The molecule has 1 aromatic carbocycles. The van der Waals surface area contributed by atoms with Gasteiger partial charge in [0.25, 0.3) is 0 Å². The Bertz CT molecular complexity index is 287. The molecule has 0 heterocycles. The van der Waals surface area contributed by atoms with Crippen LogP contribution in [0.1, 0.15) is 19.4 Å². The van der Waals surface area contributed by atoms with Crippen LogP contribution in [0, 0.1) is 5.92 Å². The lowest BCUT2D eigenvalue weighted by atomic mass is 9.86. The minimum atomic E-state index is -0.947. The van der Waals surface area contributed by atoms with Gasteiger partial charge in [0.2, 0.25) is 0 Å². The highest BCUT2D eigenvalue weighted by Gasteiger charge is 2.14. The summed E-state index contributed by atoms with van der Waals surface area (Å²) in [4.78, 5) is 0. The van der Waals surface area contributed by atoms with E-state index in [0.29, 0.717) is 0 Å². The van der Waals surface area contributed by atoms with Gasteiger partial charge in [-0.15, -0.1) is 12.2 Å². The molecule has 0 aliphatic carbocycles. The fraction of sp³-hybridized carbons (Fsp3) is 0.385. The third-order valence-corrected chi connectivity index (χ3v) is 2.48. The smallest absolute Gasteiger partial charge is 0.0224 e. The number of rotatable bonds is 4. The largest absolute Gasteiger partial charge is 0.849 e. The van der Waals surface area contributed by atoms with Crippen molar-refractivity contribution in [2.75, 3.05) is 0 Å². The maximum absolute atomic E-state index is 11.8. The van der Waals surface area contributed by atoms with Crippen molar-refractivity contribution < 1.29 is 5.11 Å². The predicted octanol–water partition coefficient (Wildman–Crippen LogP) is 2.55. The van der Waals surface area contributed by atoms with E-state index >= 15 is 0 Å². The van der Waals surface area contributed by atoms with Crippen LogP contribution in [0.25, 0.3) is 0 Å². The second kappa shape index (κ2) is 5.69. The maximum Gasteiger partial charge on any atom is -0.0224 e. The molecule has 2 heteroatoms. The first-order chi connectivity index (χ1) is 6.54. The highest BCUT2D eigenvalue weighted by Crippen LogP contribution is 2.19. The number of benzene rings is 1. The molecule has 1 atom stereocenters. The third-order valence-electron chi connectivity index (χ3n) is 2.48. The Morgan fingerprint density at radius 2 is 1.87 bits per heavy atom. The van der Waals surface area contributed by atoms with Gasteiger partial charge in [-0.25, -0.2) is 0 Å². The van der Waals surface area contributed by atoms with E-state index in [1.54, 1.807) is 19.9 Å². The topological polar surface area (TPSA) is 59.6 Å². The molecular formula is C13H21NO. The Kier molecular flexibility index (Phi) is 5.26. The van der Waals surface area contributed by atoms with Crippen LogP contribution in [0.15, 0.2) is 43.0 Å². The van der Waals surface area contributed by atoms with E-state index in [1.165, 1.54) is 5.56 Å². The summed E-state index contributed by atoms with van der Waals surface area (Å²) in [7, 11) is 0. The van der Waals surface area contributed by atoms with Crippen molar-refractivity contribution in [1.82, 2.24) is 6.15 Å². The quantitative estimate of drug-likeness (QED) is 0.758. The van der Waals surface area contributed by atoms with Gasteiger partial charge in [-0.05, 0) is 17.9 Å². The Balaban J connectivity index is 0.00000196. The fourth-order valence-electron chi connectivity index (χ4n) is 1.48. The van der Waals surface area contributed by atoms with Gasteiger partial charge >= 0.3 is 0 Å². The van der Waals surface area contributed by atoms with Gasteiger partial charge in [0.05, 0.1) is 0 Å². The molecular weight excluding hydrogens is 186 g/mol. The molecule has 0 aliphatic heterocycles. The molecule has 0 saturated heterocycles. The molecule has 1 unspecified atom stereocenters. The summed E-state index contributed by atoms with van der Waals surface area (Å²) in [6, 6.07) is 10.1. The van der Waals surface area contributed by atoms with Crippen LogP contribution in [0.4, 0.5) is 0 Å². The van der Waals surface area contributed by atoms with Crippen LogP contribution in [-0.2, 0) is 6.42 Å². The van der Waals surface area contributed by atoms with Crippen LogP contribution in [0.3, 0.4) is 0 Å². The first kappa shape index (κ1) is 13.9. The highest BCUT2D eigenvalue weighted by molar-refractivity contribution is 5.17. The van der Waals surface area contributed by atoms with Crippen molar-refractivity contribution in [2.45, 2.75) is 25.9 Å². The minimum Gasteiger partial charge on any atom is -0.849 e. The van der Waals surface area contributed by atoms with E-state index in [0.717, 1.165) is 6.42 Å². The van der Waals surface area contributed by atoms with Crippen LogP contribution < -0.4 is 11.3 Å². The monoisotopic (exact) mass is 207 g/mol. The van der Waals surface area contributed by atoms with Crippen molar-refractivity contribution in [3.8, 4) is 0 Å². The summed E-state index contributed by atoms with van der Waals surface area (Å²) in [6.07, 6.45) is 2.54. The summed E-state index contributed by atoms with van der Waals surface area (Å²) in [6.45, 7) is 7.14. The molecule has 0 aromatic heterocycles. The number of quaternary nitrogens is 1. The van der Waals surface area contributed by atoms with E-state index in [4.69, 9.17) is 0 Å². The first-order valence-corrected chi connectivity index (χ1v) is 4.91. The normalized spacial score (nSPS) is 12.7. The van der Waals surface area contributed by atoms with E-state index in [1.807, 2.05) is 30.3 Å². The summed E-state index contributed by atoms with van der Waals surface area (Å²) >= 11 is 0. The Hall–Kier alpha value is -1.12. The molecule has 0 fully saturated rings. The van der Waals surface area contributed by atoms with E-state index < -0.39 is 5.60 Å². The van der Waals surface area contributed by atoms with Crippen molar-refractivity contribution in [2.24, 2.45) is 5.92 Å². The van der Waals surface area contributed by atoms with Gasteiger partial charge in [-0.1, -0.05) is 50.3 Å². The zero-order chi connectivity index (χ0) is 10.6. The van der Waals surface area contributed by atoms with Crippen LogP contribution in [-0.4, -0.2) is 5.60 Å². The lowest BCUT2D eigenvalue weighted by molar-refractivity contribution is -0.476. The Labute approximate surface area is 92.2 Å². The summed E-state index contributed by atoms with van der Waals surface area (Å²) < 4.78 is 0. The van der Waals surface area contributed by atoms with Crippen LogP contribution >= 0.6 is 0 Å². The molecule has 0 saturated carbocycles. The second-order valence-corrected chi connectivity index (χ2v) is 4.14. The van der Waals surface area contributed by atoms with E-state index in [9.17, 15) is 5.11 Å². The predicted molar refractivity (Wildman–Crippen MR) is 63.9 cm³/mol. The molecule has 0 radical (unpaired) electrons. The summed E-state index contributed by atoms with van der Waals surface area (Å²) in [5, 5.41) is 11.8. The molecule has 0 bridgehead atoms. The highest BCUT2D eigenvalue weighted by atomic mass is 16.3. The van der Waals surface area contributed by atoms with Gasteiger partial charge in [0.15, 0.2) is 0 Å². The molecule has 0 spiro atoms. The Morgan fingerprint density at radius 3 is 2.27 bits per heavy atom. The second-order valence-electron chi connectivity index (χ2n) is 4.14. The average molecular weight is 207 g/mol. The van der Waals surface area contributed by atoms with Crippen LogP contribution in [0.5, 0.6) is 0 Å². The molecule has 1 aromatic rings. The lowest BCUT2D eigenvalue weighted by Gasteiger charge is -2.39. The molecule has 84 valence electrons. The molecule has 2 nitrogen and oxygen atoms in total. The van der Waals surface area contributed by atoms with E-state index in [-0.39, 0.29) is 12.1 Å². The average Bonchev–Trinajstić information content (AvgIpc) is 2.14. The standard InChI is InChI=1S/C13H17O.H3N/c1-4-12(13(2,3)14)10-11-8-6-5-7-9-11;/h4-9,12H,1,10H2,2-3H3;1H3/q-1;/p+1. The van der Waals surface area contributed by atoms with Crippen molar-refractivity contribution in [1.29, 1.82) is 0 Å². The molecule has 1 rings (SSSR count). The zero-order valence-electron chi connectivity index (χ0n) is 9.86. The summed E-state index contributed by atoms with van der Waals surface area (Å²) in [5.74, 6) is -0.00935. The van der Waals surface area contributed by atoms with Gasteiger partial charge in [-0.3, -0.25) is 0 Å². The van der Waals surface area contributed by atoms with Crippen LogP contribution in [0.2, 0.25) is 0 Å². The molecule has 0 amide bonds. The van der Waals surface area contributed by atoms with Gasteiger partial charge < -0.3 is 11.3 Å². The van der Waals surface area contributed by atoms with Gasteiger partial charge in [-0.2, -0.15) is 0 Å². The molecule has 0 aliphatic rings. The molecule has 15 heavy (non-hydrogen) atoms. The fourth-order valence-corrected chi connectivity index (χ4v) is 1.48. The van der Waals surface area contributed by atoms with Gasteiger partial charge in [0, 0.05) is 0 Å². The Morgan fingerprint density at radius 1 is 1.33 bits per heavy atom. The number of hydrogen-bond acceptors (Lipinski definition) is 1. The van der Waals surface area contributed by atoms with Gasteiger partial charge in [0.1, 0.15) is 0 Å². The van der Waals surface area contributed by atoms with E-state index in [2.05, 4.69) is 6.58 Å². The van der Waals surface area contributed by atoms with Crippen molar-refractivity contribution in [3.05, 3.63) is 48.6 Å². The number of hydrogen-bond donors (Lipinski definition) is 1. The first-order valence-electron chi connectivity index (χ1n) is 4.91. The third kappa shape index (κ3) is 4.28. The molecule has 4 N–H and O–H groups in total. The zero-order valence-corrected chi connectivity index (χ0v) is 9.86. The van der Waals surface area contributed by atoms with Crippen molar-refractivity contribution >= 4 is 0 Å². The summed E-state index contributed by atoms with van der Waals surface area (Å²) in [5.41, 5.74) is 0.249. The minimum absolute atomic E-state index is 0. The van der Waals surface area contributed by atoms with Crippen molar-refractivity contribution in [3.63, 3.8) is 0 Å².